The van der Waals surface area contributed by atoms with Crippen LogP contribution >= 0.6 is 11.8 Å². The molecular weight excluding hydrogens is 274 g/mol. The highest BCUT2D eigenvalue weighted by Crippen LogP contribution is 2.06. The molecule has 0 heterocycles. The third-order valence-corrected chi connectivity index (χ3v) is 3.66. The first kappa shape index (κ1) is 19.3. The maximum Gasteiger partial charge on any atom is 0.328 e. The predicted molar refractivity (Wildman–Crippen MR) is 84.9 cm³/mol. The van der Waals surface area contributed by atoms with Gasteiger partial charge in [-0.05, 0) is 24.9 Å². The molecule has 5 heteroatoms. The highest BCUT2D eigenvalue weighted by Gasteiger charge is 2.20. The summed E-state index contributed by atoms with van der Waals surface area (Å²) in [6.45, 7) is 4.08. The summed E-state index contributed by atoms with van der Waals surface area (Å²) in [7, 11) is 0. The van der Waals surface area contributed by atoms with Gasteiger partial charge >= 0.3 is 5.97 Å². The van der Waals surface area contributed by atoms with Gasteiger partial charge in [-0.15, -0.1) is 0 Å². The van der Waals surface area contributed by atoms with E-state index in [2.05, 4.69) is 12.2 Å². The lowest BCUT2D eigenvalue weighted by Gasteiger charge is -2.16. The number of amides is 1. The number of hydrogen-bond donors (Lipinski definition) is 1. The summed E-state index contributed by atoms with van der Waals surface area (Å²) in [5, 5.41) is 2.66. The van der Waals surface area contributed by atoms with Gasteiger partial charge in [-0.1, -0.05) is 39.0 Å². The number of nitrogens with one attached hydrogen (secondary N) is 1. The summed E-state index contributed by atoms with van der Waals surface area (Å²) in [5.74, 6) is 0.340. The highest BCUT2D eigenvalue weighted by molar-refractivity contribution is 7.98. The molecule has 118 valence electrons. The molecule has 0 fully saturated rings. The van der Waals surface area contributed by atoms with E-state index in [1.165, 1.54) is 32.6 Å². The number of rotatable bonds is 12. The van der Waals surface area contributed by atoms with E-state index in [1.54, 1.807) is 11.8 Å². The minimum Gasteiger partial charge on any atom is -0.464 e. The quantitative estimate of drug-likeness (QED) is 0.444. The largest absolute Gasteiger partial charge is 0.464 e. The molecule has 0 aliphatic carbocycles. The molecule has 0 saturated heterocycles. The monoisotopic (exact) mass is 303 g/mol. The van der Waals surface area contributed by atoms with Crippen LogP contribution in [0.15, 0.2) is 0 Å². The summed E-state index contributed by atoms with van der Waals surface area (Å²) in [6, 6.07) is -0.500. The maximum absolute atomic E-state index is 11.9. The van der Waals surface area contributed by atoms with Gasteiger partial charge < -0.3 is 10.1 Å². The van der Waals surface area contributed by atoms with Crippen LogP contribution in [-0.2, 0) is 14.3 Å². The third kappa shape index (κ3) is 11.1. The first-order valence-electron chi connectivity index (χ1n) is 7.54. The summed E-state index contributed by atoms with van der Waals surface area (Å²) >= 11 is 1.65. The Kier molecular flexibility index (Phi) is 12.8. The zero-order valence-corrected chi connectivity index (χ0v) is 13.9. The van der Waals surface area contributed by atoms with E-state index in [4.69, 9.17) is 4.74 Å². The zero-order chi connectivity index (χ0) is 15.2. The number of thioether (sulfide) groups is 1. The molecule has 0 aromatic carbocycles. The first-order chi connectivity index (χ1) is 9.61. The van der Waals surface area contributed by atoms with E-state index >= 15 is 0 Å². The predicted octanol–water partition coefficient (Wildman–Crippen LogP) is 3.15. The van der Waals surface area contributed by atoms with Gasteiger partial charge in [-0.25, -0.2) is 4.79 Å². The number of hydrogen-bond acceptors (Lipinski definition) is 4. The van der Waals surface area contributed by atoms with Crippen molar-refractivity contribution in [3.8, 4) is 0 Å². The Morgan fingerprint density at radius 1 is 1.15 bits per heavy atom. The van der Waals surface area contributed by atoms with Crippen LogP contribution in [0.1, 0.15) is 58.8 Å². The fraction of sp³-hybridized carbons (Fsp3) is 0.867. The van der Waals surface area contributed by atoms with Crippen LogP contribution in [0.3, 0.4) is 0 Å². The summed E-state index contributed by atoms with van der Waals surface area (Å²) in [6.07, 6.45) is 9.58. The highest BCUT2D eigenvalue weighted by atomic mass is 32.2. The van der Waals surface area contributed by atoms with Crippen LogP contribution < -0.4 is 5.32 Å². The van der Waals surface area contributed by atoms with E-state index in [0.29, 0.717) is 13.0 Å². The Bertz CT molecular complexity index is 272. The van der Waals surface area contributed by atoms with Gasteiger partial charge in [0.05, 0.1) is 6.61 Å². The zero-order valence-electron chi connectivity index (χ0n) is 13.1. The van der Waals surface area contributed by atoms with Crippen molar-refractivity contribution in [3.63, 3.8) is 0 Å². The van der Waals surface area contributed by atoms with Crippen molar-refractivity contribution in [2.45, 2.75) is 64.8 Å². The molecule has 0 saturated carbocycles. The molecule has 20 heavy (non-hydrogen) atoms. The van der Waals surface area contributed by atoms with Gasteiger partial charge in [0.2, 0.25) is 5.91 Å². The second-order valence-electron chi connectivity index (χ2n) is 4.97. The molecule has 1 N–H and O–H groups in total. The Hall–Kier alpha value is -0.710. The molecule has 1 atom stereocenters. The lowest BCUT2D eigenvalue weighted by Crippen LogP contribution is -2.41. The molecule has 1 amide bonds. The van der Waals surface area contributed by atoms with Gasteiger partial charge in [0.25, 0.3) is 0 Å². The van der Waals surface area contributed by atoms with Crippen molar-refractivity contribution < 1.29 is 14.3 Å². The number of carbonyl (C=O) groups is 2. The second-order valence-corrected chi connectivity index (χ2v) is 5.96. The Labute approximate surface area is 127 Å². The molecule has 4 nitrogen and oxygen atoms in total. The third-order valence-electron chi connectivity index (χ3n) is 3.01. The molecule has 0 radical (unpaired) electrons. The number of carbonyl (C=O) groups excluding carboxylic acids is 2. The van der Waals surface area contributed by atoms with Gasteiger partial charge in [-0.3, -0.25) is 4.79 Å². The van der Waals surface area contributed by atoms with Crippen LogP contribution in [0.4, 0.5) is 0 Å². The van der Waals surface area contributed by atoms with E-state index in [-0.39, 0.29) is 11.9 Å². The van der Waals surface area contributed by atoms with Crippen LogP contribution in [0.5, 0.6) is 0 Å². The maximum atomic E-state index is 11.9. The van der Waals surface area contributed by atoms with Gasteiger partial charge in [0.15, 0.2) is 0 Å². The van der Waals surface area contributed by atoms with Crippen molar-refractivity contribution in [2.24, 2.45) is 0 Å². The molecule has 0 aliphatic rings. The van der Waals surface area contributed by atoms with Crippen molar-refractivity contribution in [1.29, 1.82) is 0 Å². The van der Waals surface area contributed by atoms with Crippen LogP contribution in [0, 0.1) is 0 Å². The van der Waals surface area contributed by atoms with Crippen molar-refractivity contribution in [1.82, 2.24) is 5.32 Å². The van der Waals surface area contributed by atoms with E-state index < -0.39 is 6.04 Å². The van der Waals surface area contributed by atoms with Gasteiger partial charge in [0, 0.05) is 6.92 Å². The molecule has 0 aromatic rings. The van der Waals surface area contributed by atoms with Gasteiger partial charge in [-0.2, -0.15) is 11.8 Å². The number of ether oxygens (including phenoxy) is 1. The average Bonchev–Trinajstić information content (AvgIpc) is 2.41. The standard InChI is InChI=1S/C15H29NO3S/c1-4-5-6-7-8-9-11-19-15(18)14(10-12-20-3)16-13(2)17/h14H,4-12H2,1-3H3,(H,16,17)/t14-/m0/s1. The molecule has 0 bridgehead atoms. The van der Waals surface area contributed by atoms with E-state index in [9.17, 15) is 9.59 Å². The minimum absolute atomic E-state index is 0.187. The van der Waals surface area contributed by atoms with Crippen molar-refractivity contribution in [2.75, 3.05) is 18.6 Å². The molecule has 0 aliphatic heterocycles. The summed E-state index contributed by atoms with van der Waals surface area (Å²) in [5.41, 5.74) is 0. The molecule has 0 rings (SSSR count). The van der Waals surface area contributed by atoms with Crippen molar-refractivity contribution >= 4 is 23.6 Å². The Morgan fingerprint density at radius 2 is 1.80 bits per heavy atom. The normalized spacial score (nSPS) is 11.9. The SMILES string of the molecule is CCCCCCCCOC(=O)[C@H](CCSC)NC(C)=O. The van der Waals surface area contributed by atoms with Crippen molar-refractivity contribution in [3.05, 3.63) is 0 Å². The van der Waals surface area contributed by atoms with Gasteiger partial charge in [0.1, 0.15) is 6.04 Å². The number of unbranched alkanes of at least 4 members (excludes halogenated alkanes) is 5. The molecule has 0 aromatic heterocycles. The Balaban J connectivity index is 3.79. The second kappa shape index (κ2) is 13.3. The fourth-order valence-electron chi connectivity index (χ4n) is 1.89. The van der Waals surface area contributed by atoms with Crippen LogP contribution in [-0.4, -0.2) is 36.5 Å². The fourth-order valence-corrected chi connectivity index (χ4v) is 2.36. The minimum atomic E-state index is -0.500. The number of esters is 1. The van der Waals surface area contributed by atoms with E-state index in [0.717, 1.165) is 18.6 Å². The van der Waals surface area contributed by atoms with Crippen LogP contribution in [0.2, 0.25) is 0 Å². The molecular formula is C15H29NO3S. The molecule has 0 unspecified atom stereocenters. The Morgan fingerprint density at radius 3 is 2.40 bits per heavy atom. The average molecular weight is 303 g/mol. The topological polar surface area (TPSA) is 55.4 Å². The smallest absolute Gasteiger partial charge is 0.328 e. The lowest BCUT2D eigenvalue weighted by molar-refractivity contribution is -0.147. The lowest BCUT2D eigenvalue weighted by atomic mass is 10.1. The van der Waals surface area contributed by atoms with E-state index in [1.807, 2.05) is 6.26 Å². The molecule has 0 spiro atoms. The summed E-state index contributed by atoms with van der Waals surface area (Å²) in [4.78, 5) is 22.9. The first-order valence-corrected chi connectivity index (χ1v) is 8.93. The van der Waals surface area contributed by atoms with Crippen LogP contribution in [0.25, 0.3) is 0 Å². The summed E-state index contributed by atoms with van der Waals surface area (Å²) < 4.78 is 5.25.